The normalized spacial score (nSPS) is 14.3. The van der Waals surface area contributed by atoms with E-state index in [1.54, 1.807) is 6.20 Å². The molecule has 3 amide bonds. The molecule has 0 aromatic carbocycles. The summed E-state index contributed by atoms with van der Waals surface area (Å²) in [6.45, 7) is 0.631. The molecule has 1 aromatic heterocycles. The van der Waals surface area contributed by atoms with Gasteiger partial charge in [0.1, 0.15) is 6.54 Å². The number of hydrogen-bond donors (Lipinski definition) is 3. The Labute approximate surface area is 104 Å². The lowest BCUT2D eigenvalue weighted by atomic mass is 10.4. The van der Waals surface area contributed by atoms with Crippen molar-refractivity contribution in [2.45, 2.75) is 32.0 Å². The molecule has 0 bridgehead atoms. The maximum atomic E-state index is 11.4. The predicted molar refractivity (Wildman–Crippen MR) is 62.5 cm³/mol. The Morgan fingerprint density at radius 3 is 2.94 bits per heavy atom. The molecule has 18 heavy (non-hydrogen) atoms. The average Bonchev–Trinajstić information content (AvgIpc) is 3.07. The second-order valence-electron chi connectivity index (χ2n) is 4.19. The van der Waals surface area contributed by atoms with Crippen molar-refractivity contribution in [3.8, 4) is 0 Å². The van der Waals surface area contributed by atoms with Crippen molar-refractivity contribution in [2.24, 2.45) is 0 Å². The number of nitrogens with one attached hydrogen (secondary N) is 3. The Hall–Kier alpha value is -1.96. The molecule has 1 aliphatic carbocycles. The summed E-state index contributed by atoms with van der Waals surface area (Å²) < 4.78 is 1.40. The van der Waals surface area contributed by atoms with E-state index in [4.69, 9.17) is 0 Å². The lowest BCUT2D eigenvalue weighted by Crippen LogP contribution is -2.39. The SMILES string of the molecule is CNC(=O)NC(=O)Cn1cc(CNC2CC2)nn1. The van der Waals surface area contributed by atoms with Crippen LogP contribution in [0.2, 0.25) is 0 Å². The Bertz CT molecular complexity index is 439. The van der Waals surface area contributed by atoms with Crippen LogP contribution in [0.3, 0.4) is 0 Å². The van der Waals surface area contributed by atoms with Gasteiger partial charge < -0.3 is 10.6 Å². The number of urea groups is 1. The number of carbonyl (C=O) groups is 2. The summed E-state index contributed by atoms with van der Waals surface area (Å²) in [7, 11) is 1.44. The van der Waals surface area contributed by atoms with Gasteiger partial charge in [0.2, 0.25) is 5.91 Å². The van der Waals surface area contributed by atoms with Gasteiger partial charge in [-0.1, -0.05) is 5.21 Å². The summed E-state index contributed by atoms with van der Waals surface area (Å²) >= 11 is 0. The smallest absolute Gasteiger partial charge is 0.321 e. The lowest BCUT2D eigenvalue weighted by Gasteiger charge is -2.02. The number of hydrogen-bond acceptors (Lipinski definition) is 5. The van der Waals surface area contributed by atoms with Crippen LogP contribution in [0.5, 0.6) is 0 Å². The Balaban J connectivity index is 1.77. The number of carbonyl (C=O) groups excluding carboxylic acids is 2. The van der Waals surface area contributed by atoms with E-state index in [1.165, 1.54) is 24.6 Å². The first-order valence-electron chi connectivity index (χ1n) is 5.81. The topological polar surface area (TPSA) is 101 Å². The highest BCUT2D eigenvalue weighted by Crippen LogP contribution is 2.18. The van der Waals surface area contributed by atoms with E-state index < -0.39 is 11.9 Å². The molecule has 1 saturated carbocycles. The van der Waals surface area contributed by atoms with E-state index in [-0.39, 0.29) is 6.54 Å². The summed E-state index contributed by atoms with van der Waals surface area (Å²) in [5.41, 5.74) is 0.787. The highest BCUT2D eigenvalue weighted by Gasteiger charge is 2.20. The standard InChI is InChI=1S/C10H16N6O2/c1-11-10(18)13-9(17)6-16-5-8(14-15-16)4-12-7-2-3-7/h5,7,12H,2-4,6H2,1H3,(H2,11,13,17,18). The second-order valence-corrected chi connectivity index (χ2v) is 4.19. The van der Waals surface area contributed by atoms with Crippen LogP contribution in [0.4, 0.5) is 4.79 Å². The van der Waals surface area contributed by atoms with Gasteiger partial charge in [-0.25, -0.2) is 9.48 Å². The minimum absolute atomic E-state index is 0.0240. The van der Waals surface area contributed by atoms with Crippen molar-refractivity contribution in [3.63, 3.8) is 0 Å². The van der Waals surface area contributed by atoms with Crippen molar-refractivity contribution >= 4 is 11.9 Å². The van der Waals surface area contributed by atoms with Crippen molar-refractivity contribution in [3.05, 3.63) is 11.9 Å². The number of nitrogens with zero attached hydrogens (tertiary/aromatic N) is 3. The van der Waals surface area contributed by atoms with E-state index in [0.717, 1.165) is 5.69 Å². The third-order valence-electron chi connectivity index (χ3n) is 2.52. The van der Waals surface area contributed by atoms with Gasteiger partial charge in [-0.3, -0.25) is 10.1 Å². The van der Waals surface area contributed by atoms with Crippen LogP contribution in [0, 0.1) is 0 Å². The molecule has 3 N–H and O–H groups in total. The minimum Gasteiger partial charge on any atom is -0.341 e. The molecule has 0 radical (unpaired) electrons. The van der Waals surface area contributed by atoms with Crippen molar-refractivity contribution in [2.75, 3.05) is 7.05 Å². The van der Waals surface area contributed by atoms with Crippen molar-refractivity contribution < 1.29 is 9.59 Å². The zero-order chi connectivity index (χ0) is 13.0. The van der Waals surface area contributed by atoms with E-state index in [9.17, 15) is 9.59 Å². The predicted octanol–water partition coefficient (Wildman–Crippen LogP) is -1.01. The van der Waals surface area contributed by atoms with E-state index in [1.807, 2.05) is 0 Å². The molecule has 0 atom stereocenters. The maximum absolute atomic E-state index is 11.4. The fourth-order valence-corrected chi connectivity index (χ4v) is 1.41. The van der Waals surface area contributed by atoms with E-state index >= 15 is 0 Å². The molecule has 0 unspecified atom stereocenters. The van der Waals surface area contributed by atoms with Gasteiger partial charge in [-0.2, -0.15) is 0 Å². The molecule has 0 saturated heterocycles. The average molecular weight is 252 g/mol. The fourth-order valence-electron chi connectivity index (χ4n) is 1.41. The summed E-state index contributed by atoms with van der Waals surface area (Å²) in [5, 5.41) is 15.5. The van der Waals surface area contributed by atoms with Gasteiger partial charge in [0.25, 0.3) is 0 Å². The third-order valence-corrected chi connectivity index (χ3v) is 2.52. The van der Waals surface area contributed by atoms with Crippen LogP contribution in [0.1, 0.15) is 18.5 Å². The summed E-state index contributed by atoms with van der Waals surface area (Å²) in [5.74, 6) is -0.430. The first-order chi connectivity index (χ1) is 8.67. The second kappa shape index (κ2) is 5.58. The quantitative estimate of drug-likeness (QED) is 0.623. The zero-order valence-corrected chi connectivity index (χ0v) is 10.1. The van der Waals surface area contributed by atoms with Crippen LogP contribution in [0.25, 0.3) is 0 Å². The molecule has 0 spiro atoms. The lowest BCUT2D eigenvalue weighted by molar-refractivity contribution is -0.120. The number of rotatable bonds is 5. The van der Waals surface area contributed by atoms with E-state index in [2.05, 4.69) is 26.3 Å². The molecule has 8 heteroatoms. The summed E-state index contributed by atoms with van der Waals surface area (Å²) in [6.07, 6.45) is 4.12. The molecule has 1 heterocycles. The van der Waals surface area contributed by atoms with Crippen LogP contribution in [-0.4, -0.2) is 40.0 Å². The van der Waals surface area contributed by atoms with Crippen LogP contribution in [0.15, 0.2) is 6.20 Å². The number of amides is 3. The highest BCUT2D eigenvalue weighted by molar-refractivity contribution is 5.93. The summed E-state index contributed by atoms with van der Waals surface area (Å²) in [4.78, 5) is 22.3. The van der Waals surface area contributed by atoms with Gasteiger partial charge in [0.15, 0.2) is 0 Å². The molecule has 1 fully saturated rings. The van der Waals surface area contributed by atoms with Gasteiger partial charge in [0.05, 0.1) is 11.9 Å². The maximum Gasteiger partial charge on any atom is 0.321 e. The molecule has 1 aromatic rings. The van der Waals surface area contributed by atoms with Crippen LogP contribution >= 0.6 is 0 Å². The first kappa shape index (κ1) is 12.5. The molecule has 0 aliphatic heterocycles. The van der Waals surface area contributed by atoms with Gasteiger partial charge in [-0.05, 0) is 12.8 Å². The van der Waals surface area contributed by atoms with Crippen molar-refractivity contribution in [1.82, 2.24) is 30.9 Å². The molecule has 2 rings (SSSR count). The van der Waals surface area contributed by atoms with E-state index in [0.29, 0.717) is 12.6 Å². The monoisotopic (exact) mass is 252 g/mol. The Kier molecular flexibility index (Phi) is 3.88. The Morgan fingerprint density at radius 2 is 2.28 bits per heavy atom. The molecule has 1 aliphatic rings. The largest absolute Gasteiger partial charge is 0.341 e. The molecule has 8 nitrogen and oxygen atoms in total. The molecule has 98 valence electrons. The number of imide groups is 1. The molecular weight excluding hydrogens is 236 g/mol. The Morgan fingerprint density at radius 1 is 1.50 bits per heavy atom. The summed E-state index contributed by atoms with van der Waals surface area (Å²) in [6, 6.07) is 0.0717. The van der Waals surface area contributed by atoms with Crippen molar-refractivity contribution in [1.29, 1.82) is 0 Å². The van der Waals surface area contributed by atoms with Gasteiger partial charge >= 0.3 is 6.03 Å². The fraction of sp³-hybridized carbons (Fsp3) is 0.600. The van der Waals surface area contributed by atoms with Gasteiger partial charge in [-0.15, -0.1) is 5.10 Å². The zero-order valence-electron chi connectivity index (χ0n) is 10.1. The van der Waals surface area contributed by atoms with Crippen LogP contribution < -0.4 is 16.0 Å². The first-order valence-corrected chi connectivity index (χ1v) is 5.81. The highest BCUT2D eigenvalue weighted by atomic mass is 16.2. The molecular formula is C10H16N6O2. The van der Waals surface area contributed by atoms with Gasteiger partial charge in [0, 0.05) is 19.6 Å². The minimum atomic E-state index is -0.532. The third kappa shape index (κ3) is 3.81. The number of aromatic nitrogens is 3. The van der Waals surface area contributed by atoms with Crippen LogP contribution in [-0.2, 0) is 17.9 Å².